The Labute approximate surface area is 92.7 Å². The van der Waals surface area contributed by atoms with E-state index in [0.29, 0.717) is 0 Å². The van der Waals surface area contributed by atoms with Gasteiger partial charge in [0, 0.05) is 0 Å². The highest BCUT2D eigenvalue weighted by Gasteiger charge is 2.19. The molecule has 1 unspecified atom stereocenters. The summed E-state index contributed by atoms with van der Waals surface area (Å²) in [5.74, 6) is -0.986. The molecule has 0 fully saturated rings. The number of benzene rings is 1. The molecule has 0 radical (unpaired) electrons. The van der Waals surface area contributed by atoms with Crippen molar-refractivity contribution in [2.45, 2.75) is 25.7 Å². The Bertz CT molecular complexity index is 351. The highest BCUT2D eigenvalue weighted by atomic mass is 19.1. The molecule has 0 spiro atoms. The lowest BCUT2D eigenvalue weighted by atomic mass is 10.1. The topological polar surface area (TPSA) is 69.6 Å². The molecule has 0 saturated heterocycles. The summed E-state index contributed by atoms with van der Waals surface area (Å²) >= 11 is 0. The highest BCUT2D eigenvalue weighted by molar-refractivity contribution is 5.73. The summed E-state index contributed by atoms with van der Waals surface area (Å²) in [6, 6.07) is 5.18. The number of hydrogen-bond acceptors (Lipinski definition) is 3. The van der Waals surface area contributed by atoms with Gasteiger partial charge in [0.2, 0.25) is 0 Å². The quantitative estimate of drug-likeness (QED) is 0.663. The first kappa shape index (κ1) is 12.4. The summed E-state index contributed by atoms with van der Waals surface area (Å²) < 4.78 is 12.7. The van der Waals surface area contributed by atoms with Crippen LogP contribution in [0.15, 0.2) is 24.3 Å². The number of phenols is 1. The molecule has 0 bridgehead atoms. The van der Waals surface area contributed by atoms with Crippen LogP contribution in [0.5, 0.6) is 5.75 Å². The van der Waals surface area contributed by atoms with Crippen molar-refractivity contribution in [2.24, 2.45) is 0 Å². The predicted octanol–water partition coefficient (Wildman–Crippen LogP) is 1.29. The average Bonchev–Trinajstić information content (AvgIpc) is 2.19. The number of rotatable bonds is 5. The Morgan fingerprint density at radius 2 is 2.00 bits per heavy atom. The highest BCUT2D eigenvalue weighted by Crippen LogP contribution is 2.11. The maximum Gasteiger partial charge on any atom is 0.321 e. The molecule has 88 valence electrons. The van der Waals surface area contributed by atoms with Crippen LogP contribution >= 0.6 is 0 Å². The average molecular weight is 227 g/mol. The molecule has 3 N–H and O–H groups in total. The van der Waals surface area contributed by atoms with E-state index < -0.39 is 18.3 Å². The molecule has 0 aromatic heterocycles. The summed E-state index contributed by atoms with van der Waals surface area (Å²) in [6.45, 7) is 1.24. The van der Waals surface area contributed by atoms with Crippen molar-refractivity contribution >= 4 is 5.97 Å². The molecule has 16 heavy (non-hydrogen) atoms. The van der Waals surface area contributed by atoms with Crippen LogP contribution in [-0.4, -0.2) is 28.5 Å². The van der Waals surface area contributed by atoms with Gasteiger partial charge in [0.1, 0.15) is 18.1 Å². The summed E-state index contributed by atoms with van der Waals surface area (Å²) in [4.78, 5) is 10.8. The molecular formula is C11H14FNO3. The molecule has 5 heteroatoms. The van der Waals surface area contributed by atoms with Crippen LogP contribution in [0.2, 0.25) is 0 Å². The zero-order chi connectivity index (χ0) is 12.1. The summed E-state index contributed by atoms with van der Waals surface area (Å²) in [7, 11) is 0. The standard InChI is InChI=1S/C11H14FNO3/c1-7(12)13-10(11(15)16)6-8-2-4-9(14)5-3-8/h2-5,7,10,13-14H,6H2,1H3,(H,15,16)/t7?,10-/m0/s1. The minimum atomic E-state index is -1.38. The van der Waals surface area contributed by atoms with E-state index in [1.54, 1.807) is 12.1 Å². The zero-order valence-corrected chi connectivity index (χ0v) is 8.85. The summed E-state index contributed by atoms with van der Waals surface area (Å²) in [5.41, 5.74) is 0.721. The van der Waals surface area contributed by atoms with E-state index in [0.717, 1.165) is 5.56 Å². The van der Waals surface area contributed by atoms with Gasteiger partial charge in [-0.05, 0) is 31.0 Å². The third kappa shape index (κ3) is 3.86. The van der Waals surface area contributed by atoms with Gasteiger partial charge in [-0.25, -0.2) is 4.39 Å². The largest absolute Gasteiger partial charge is 0.508 e. The maximum atomic E-state index is 12.7. The number of carboxylic acids is 1. The van der Waals surface area contributed by atoms with Gasteiger partial charge in [0.05, 0.1) is 0 Å². The Balaban J connectivity index is 2.68. The number of nitrogens with one attached hydrogen (secondary N) is 1. The van der Waals surface area contributed by atoms with Gasteiger partial charge in [0.25, 0.3) is 0 Å². The van der Waals surface area contributed by atoms with Gasteiger partial charge in [-0.2, -0.15) is 0 Å². The normalized spacial score (nSPS) is 14.4. The fourth-order valence-corrected chi connectivity index (χ4v) is 1.36. The molecule has 0 aliphatic carbocycles. The summed E-state index contributed by atoms with van der Waals surface area (Å²) in [5, 5.41) is 20.2. The molecule has 0 heterocycles. The molecule has 0 aliphatic rings. The van der Waals surface area contributed by atoms with Gasteiger partial charge in [-0.3, -0.25) is 10.1 Å². The monoisotopic (exact) mass is 227 g/mol. The van der Waals surface area contributed by atoms with E-state index in [1.165, 1.54) is 19.1 Å². The molecular weight excluding hydrogens is 213 g/mol. The number of halogens is 1. The third-order valence-electron chi connectivity index (χ3n) is 2.11. The number of carboxylic acid groups (broad SMARTS) is 1. The zero-order valence-electron chi connectivity index (χ0n) is 8.85. The first-order valence-electron chi connectivity index (χ1n) is 4.90. The molecule has 4 nitrogen and oxygen atoms in total. The summed E-state index contributed by atoms with van der Waals surface area (Å²) in [6.07, 6.45) is -1.21. The second-order valence-electron chi connectivity index (χ2n) is 3.54. The van der Waals surface area contributed by atoms with E-state index >= 15 is 0 Å². The lowest BCUT2D eigenvalue weighted by Gasteiger charge is -2.15. The second kappa shape index (κ2) is 5.46. The molecule has 0 amide bonds. The van der Waals surface area contributed by atoms with Gasteiger partial charge in [0.15, 0.2) is 0 Å². The fraction of sp³-hybridized carbons (Fsp3) is 0.364. The number of carbonyl (C=O) groups is 1. The van der Waals surface area contributed by atoms with Crippen molar-refractivity contribution in [3.8, 4) is 5.75 Å². The fourth-order valence-electron chi connectivity index (χ4n) is 1.36. The third-order valence-corrected chi connectivity index (χ3v) is 2.11. The number of phenolic OH excluding ortho intramolecular Hbond substituents is 1. The van der Waals surface area contributed by atoms with Gasteiger partial charge in [-0.1, -0.05) is 12.1 Å². The van der Waals surface area contributed by atoms with Crippen molar-refractivity contribution < 1.29 is 19.4 Å². The van der Waals surface area contributed by atoms with Crippen molar-refractivity contribution in [3.63, 3.8) is 0 Å². The Kier molecular flexibility index (Phi) is 4.25. The molecule has 0 saturated carbocycles. The Morgan fingerprint density at radius 3 is 2.44 bits per heavy atom. The second-order valence-corrected chi connectivity index (χ2v) is 3.54. The van der Waals surface area contributed by atoms with E-state index in [-0.39, 0.29) is 12.2 Å². The first-order valence-corrected chi connectivity index (χ1v) is 4.90. The first-order chi connectivity index (χ1) is 7.49. The number of aliphatic carboxylic acids is 1. The van der Waals surface area contributed by atoms with E-state index in [2.05, 4.69) is 5.32 Å². The molecule has 0 aliphatic heterocycles. The molecule has 1 aromatic rings. The van der Waals surface area contributed by atoms with Crippen LogP contribution < -0.4 is 5.32 Å². The van der Waals surface area contributed by atoms with Crippen molar-refractivity contribution in [3.05, 3.63) is 29.8 Å². The van der Waals surface area contributed by atoms with E-state index in [9.17, 15) is 9.18 Å². The van der Waals surface area contributed by atoms with Crippen molar-refractivity contribution in [2.75, 3.05) is 0 Å². The predicted molar refractivity (Wildman–Crippen MR) is 56.9 cm³/mol. The minimum absolute atomic E-state index is 0.113. The molecule has 1 rings (SSSR count). The van der Waals surface area contributed by atoms with E-state index in [4.69, 9.17) is 10.2 Å². The maximum absolute atomic E-state index is 12.7. The van der Waals surface area contributed by atoms with Gasteiger partial charge < -0.3 is 10.2 Å². The van der Waals surface area contributed by atoms with Crippen LogP contribution in [0, 0.1) is 0 Å². The van der Waals surface area contributed by atoms with Crippen molar-refractivity contribution in [1.82, 2.24) is 5.32 Å². The van der Waals surface area contributed by atoms with Crippen LogP contribution in [-0.2, 0) is 11.2 Å². The van der Waals surface area contributed by atoms with E-state index in [1.807, 2.05) is 0 Å². The van der Waals surface area contributed by atoms with Crippen LogP contribution in [0.4, 0.5) is 4.39 Å². The van der Waals surface area contributed by atoms with Crippen LogP contribution in [0.1, 0.15) is 12.5 Å². The minimum Gasteiger partial charge on any atom is -0.508 e. The molecule has 1 aromatic carbocycles. The van der Waals surface area contributed by atoms with Crippen LogP contribution in [0.3, 0.4) is 0 Å². The van der Waals surface area contributed by atoms with Crippen LogP contribution in [0.25, 0.3) is 0 Å². The van der Waals surface area contributed by atoms with Gasteiger partial charge >= 0.3 is 5.97 Å². The van der Waals surface area contributed by atoms with Crippen molar-refractivity contribution in [1.29, 1.82) is 0 Å². The SMILES string of the molecule is CC(F)N[C@@H](Cc1ccc(O)cc1)C(=O)O. The number of alkyl halides is 1. The smallest absolute Gasteiger partial charge is 0.321 e. The Morgan fingerprint density at radius 1 is 1.44 bits per heavy atom. The number of aromatic hydroxyl groups is 1. The lowest BCUT2D eigenvalue weighted by Crippen LogP contribution is -2.41. The van der Waals surface area contributed by atoms with Gasteiger partial charge in [-0.15, -0.1) is 0 Å². The lowest BCUT2D eigenvalue weighted by molar-refractivity contribution is -0.140. The Hall–Kier alpha value is -1.62. The molecule has 2 atom stereocenters. The number of hydrogen-bond donors (Lipinski definition) is 3.